The summed E-state index contributed by atoms with van der Waals surface area (Å²) < 4.78 is 18.2. The molecule has 0 bridgehead atoms. The molecule has 3 rings (SSSR count). The van der Waals surface area contributed by atoms with Crippen molar-refractivity contribution in [3.8, 4) is 10.6 Å². The largest absolute Gasteiger partial charge is 0.448 e. The van der Waals surface area contributed by atoms with Crippen LogP contribution in [0, 0.1) is 5.82 Å². The Labute approximate surface area is 163 Å². The van der Waals surface area contributed by atoms with E-state index in [1.165, 1.54) is 35.8 Å². The molecule has 0 saturated carbocycles. The molecule has 27 heavy (non-hydrogen) atoms. The molecule has 8 heteroatoms. The maximum atomic E-state index is 13.0. The van der Waals surface area contributed by atoms with Crippen LogP contribution in [-0.2, 0) is 9.53 Å². The van der Waals surface area contributed by atoms with E-state index in [0.717, 1.165) is 0 Å². The summed E-state index contributed by atoms with van der Waals surface area (Å²) in [6.45, 7) is 1.47. The van der Waals surface area contributed by atoms with Gasteiger partial charge in [-0.15, -0.1) is 11.3 Å². The van der Waals surface area contributed by atoms with Crippen molar-refractivity contribution >= 4 is 40.5 Å². The van der Waals surface area contributed by atoms with E-state index in [1.54, 1.807) is 36.4 Å². The minimum absolute atomic E-state index is 0.0884. The molecule has 138 valence electrons. The van der Waals surface area contributed by atoms with Crippen LogP contribution in [0.5, 0.6) is 0 Å². The first-order valence-corrected chi connectivity index (χ1v) is 9.17. The minimum atomic E-state index is -1.01. The number of aromatic nitrogens is 1. The van der Waals surface area contributed by atoms with Crippen molar-refractivity contribution in [1.82, 2.24) is 4.98 Å². The number of hydrogen-bond donors (Lipinski definition) is 1. The van der Waals surface area contributed by atoms with Crippen LogP contribution < -0.4 is 5.32 Å². The lowest BCUT2D eigenvalue weighted by atomic mass is 10.2. The Morgan fingerprint density at radius 1 is 1.15 bits per heavy atom. The van der Waals surface area contributed by atoms with Crippen LogP contribution in [0.4, 0.5) is 10.1 Å². The third kappa shape index (κ3) is 4.90. The number of thiazole rings is 1. The quantitative estimate of drug-likeness (QED) is 0.621. The van der Waals surface area contributed by atoms with Gasteiger partial charge < -0.3 is 10.1 Å². The number of carbonyl (C=O) groups is 2. The molecule has 0 aliphatic heterocycles. The van der Waals surface area contributed by atoms with Crippen molar-refractivity contribution in [3.05, 3.63) is 70.4 Å². The van der Waals surface area contributed by atoms with Gasteiger partial charge in [-0.25, -0.2) is 14.2 Å². The molecule has 1 heterocycles. The van der Waals surface area contributed by atoms with Crippen molar-refractivity contribution in [2.24, 2.45) is 0 Å². The van der Waals surface area contributed by atoms with E-state index in [4.69, 9.17) is 16.3 Å². The van der Waals surface area contributed by atoms with Gasteiger partial charge in [0.15, 0.2) is 11.8 Å². The van der Waals surface area contributed by atoms with Crippen LogP contribution >= 0.6 is 22.9 Å². The van der Waals surface area contributed by atoms with E-state index < -0.39 is 18.0 Å². The summed E-state index contributed by atoms with van der Waals surface area (Å²) in [5, 5.41) is 5.27. The number of rotatable bonds is 5. The minimum Gasteiger partial charge on any atom is -0.448 e. The average molecular weight is 405 g/mol. The van der Waals surface area contributed by atoms with Gasteiger partial charge in [-0.3, -0.25) is 4.79 Å². The Hall–Kier alpha value is -2.77. The SMILES string of the molecule is C[C@H](OC(=O)c1csc(-c2ccc(F)cc2)n1)C(=O)Nc1ccc(Cl)cc1. The monoisotopic (exact) mass is 404 g/mol. The molecule has 1 N–H and O–H groups in total. The lowest BCUT2D eigenvalue weighted by molar-refractivity contribution is -0.123. The highest BCUT2D eigenvalue weighted by atomic mass is 35.5. The Morgan fingerprint density at radius 2 is 1.81 bits per heavy atom. The van der Waals surface area contributed by atoms with E-state index in [9.17, 15) is 14.0 Å². The molecule has 5 nitrogen and oxygen atoms in total. The van der Waals surface area contributed by atoms with Crippen molar-refractivity contribution in [1.29, 1.82) is 0 Å². The molecule has 0 radical (unpaired) electrons. The molecule has 2 aromatic carbocycles. The third-order valence-electron chi connectivity index (χ3n) is 3.57. The fourth-order valence-corrected chi connectivity index (χ4v) is 3.07. The lowest BCUT2D eigenvalue weighted by Gasteiger charge is -2.12. The summed E-state index contributed by atoms with van der Waals surface area (Å²) in [5.74, 6) is -1.53. The normalized spacial score (nSPS) is 11.7. The molecule has 0 unspecified atom stereocenters. The third-order valence-corrected chi connectivity index (χ3v) is 4.71. The number of amides is 1. The van der Waals surface area contributed by atoms with Gasteiger partial charge in [-0.1, -0.05) is 11.6 Å². The van der Waals surface area contributed by atoms with Crippen LogP contribution in [0.25, 0.3) is 10.6 Å². The molecule has 0 aliphatic carbocycles. The standard InChI is InChI=1S/C19H14ClFN2O3S/c1-11(17(24)22-15-8-4-13(20)5-9-15)26-19(25)16-10-27-18(23-16)12-2-6-14(21)7-3-12/h2-11H,1H3,(H,22,24)/t11-/m0/s1. The number of halogens is 2. The number of hydrogen-bond acceptors (Lipinski definition) is 5. The zero-order valence-electron chi connectivity index (χ0n) is 14.1. The number of ether oxygens (including phenoxy) is 1. The van der Waals surface area contributed by atoms with Gasteiger partial charge >= 0.3 is 5.97 Å². The first-order valence-electron chi connectivity index (χ1n) is 7.91. The highest BCUT2D eigenvalue weighted by Crippen LogP contribution is 2.24. The first-order chi connectivity index (χ1) is 12.9. The maximum absolute atomic E-state index is 13.0. The summed E-state index contributed by atoms with van der Waals surface area (Å²) >= 11 is 7.02. The van der Waals surface area contributed by atoms with Gasteiger partial charge in [0, 0.05) is 21.7 Å². The van der Waals surface area contributed by atoms with Crippen LogP contribution in [0.3, 0.4) is 0 Å². The van der Waals surface area contributed by atoms with E-state index in [0.29, 0.717) is 21.3 Å². The summed E-state index contributed by atoms with van der Waals surface area (Å²) in [6, 6.07) is 12.3. The van der Waals surface area contributed by atoms with Crippen molar-refractivity contribution in [3.63, 3.8) is 0 Å². The second-order valence-electron chi connectivity index (χ2n) is 5.59. The lowest BCUT2D eigenvalue weighted by Crippen LogP contribution is -2.30. The number of nitrogens with one attached hydrogen (secondary N) is 1. The molecule has 0 saturated heterocycles. The zero-order valence-corrected chi connectivity index (χ0v) is 15.7. The molecular formula is C19H14ClFN2O3S. The number of carbonyl (C=O) groups excluding carboxylic acids is 2. The fourth-order valence-electron chi connectivity index (χ4n) is 2.14. The van der Waals surface area contributed by atoms with Gasteiger partial charge in [0.25, 0.3) is 5.91 Å². The molecule has 3 aromatic rings. The summed E-state index contributed by atoms with van der Waals surface area (Å²) in [4.78, 5) is 28.6. The summed E-state index contributed by atoms with van der Waals surface area (Å²) in [5.41, 5.74) is 1.32. The van der Waals surface area contributed by atoms with Crippen LogP contribution in [-0.4, -0.2) is 23.0 Å². The Balaban J connectivity index is 1.61. The maximum Gasteiger partial charge on any atom is 0.358 e. The van der Waals surface area contributed by atoms with Crippen LogP contribution in [0.1, 0.15) is 17.4 Å². The topological polar surface area (TPSA) is 68.3 Å². The van der Waals surface area contributed by atoms with E-state index >= 15 is 0 Å². The van der Waals surface area contributed by atoms with Gasteiger partial charge in [0.2, 0.25) is 0 Å². The van der Waals surface area contributed by atoms with Gasteiger partial charge in [0.05, 0.1) is 0 Å². The van der Waals surface area contributed by atoms with Crippen molar-refractivity contribution < 1.29 is 18.7 Å². The second kappa shape index (κ2) is 8.28. The molecular weight excluding hydrogens is 391 g/mol. The molecule has 1 amide bonds. The van der Waals surface area contributed by atoms with Gasteiger partial charge in [-0.05, 0) is 55.5 Å². The first kappa shape index (κ1) is 19.0. The van der Waals surface area contributed by atoms with Crippen molar-refractivity contribution in [2.75, 3.05) is 5.32 Å². The predicted molar refractivity (Wildman–Crippen MR) is 102 cm³/mol. The Morgan fingerprint density at radius 3 is 2.48 bits per heavy atom. The van der Waals surface area contributed by atoms with Crippen LogP contribution in [0.2, 0.25) is 5.02 Å². The molecule has 1 atom stereocenters. The van der Waals surface area contributed by atoms with E-state index in [2.05, 4.69) is 10.3 Å². The zero-order chi connectivity index (χ0) is 19.4. The number of anilines is 1. The highest BCUT2D eigenvalue weighted by Gasteiger charge is 2.21. The molecule has 0 spiro atoms. The molecule has 0 fully saturated rings. The van der Waals surface area contributed by atoms with Gasteiger partial charge in [0.1, 0.15) is 10.8 Å². The number of benzene rings is 2. The molecule has 1 aromatic heterocycles. The van der Waals surface area contributed by atoms with Crippen LogP contribution in [0.15, 0.2) is 53.9 Å². The summed E-state index contributed by atoms with van der Waals surface area (Å²) in [7, 11) is 0. The molecule has 0 aliphatic rings. The predicted octanol–water partition coefficient (Wildman–Crippen LogP) is 4.79. The number of esters is 1. The smallest absolute Gasteiger partial charge is 0.358 e. The Bertz CT molecular complexity index is 958. The average Bonchev–Trinajstić information content (AvgIpc) is 3.14. The summed E-state index contributed by atoms with van der Waals surface area (Å²) in [6.07, 6.45) is -1.01. The van der Waals surface area contributed by atoms with E-state index in [-0.39, 0.29) is 11.5 Å². The highest BCUT2D eigenvalue weighted by molar-refractivity contribution is 7.13. The van der Waals surface area contributed by atoms with E-state index in [1.807, 2.05) is 0 Å². The Kier molecular flexibility index (Phi) is 5.83. The van der Waals surface area contributed by atoms with Gasteiger partial charge in [-0.2, -0.15) is 0 Å². The number of nitrogens with zero attached hydrogens (tertiary/aromatic N) is 1. The fraction of sp³-hybridized carbons (Fsp3) is 0.105. The second-order valence-corrected chi connectivity index (χ2v) is 6.88. The van der Waals surface area contributed by atoms with Crippen molar-refractivity contribution in [2.45, 2.75) is 13.0 Å².